The average Bonchev–Trinajstić information content (AvgIpc) is 2.33. The first-order valence-corrected chi connectivity index (χ1v) is 4.93. The number of nitrogens with one attached hydrogen (secondary N) is 1. The molecule has 0 unspecified atom stereocenters. The van der Waals surface area contributed by atoms with Crippen molar-refractivity contribution in [2.24, 2.45) is 0 Å². The van der Waals surface area contributed by atoms with Gasteiger partial charge < -0.3 is 5.73 Å². The first kappa shape index (κ1) is 8.91. The maximum absolute atomic E-state index is 11.3. The van der Waals surface area contributed by atoms with Gasteiger partial charge in [-0.1, -0.05) is 30.3 Å². The smallest absolute Gasteiger partial charge is 0.287 e. The largest absolute Gasteiger partial charge is 0.394 e. The van der Waals surface area contributed by atoms with Crippen LogP contribution in [0.2, 0.25) is 0 Å². The molecule has 0 radical (unpaired) electrons. The zero-order chi connectivity index (χ0) is 11.1. The van der Waals surface area contributed by atoms with Crippen LogP contribution in [-0.2, 0) is 0 Å². The fourth-order valence-electron chi connectivity index (χ4n) is 1.88. The van der Waals surface area contributed by atoms with Crippen LogP contribution in [0, 0.1) is 0 Å². The fourth-order valence-corrected chi connectivity index (χ4v) is 1.88. The number of fused-ring (bicyclic) bond motifs is 3. The standard InChI is InChI=1S/C12H9N3O/c13-10-9-6-5-7-3-1-2-4-8(7)11(9)14-15-12(10)16/h1-6H,(H2,13,14)(H,15,16). The lowest BCUT2D eigenvalue weighted by molar-refractivity contribution is 1.04. The Morgan fingerprint density at radius 3 is 2.75 bits per heavy atom. The van der Waals surface area contributed by atoms with E-state index >= 15 is 0 Å². The molecular weight excluding hydrogens is 202 g/mol. The van der Waals surface area contributed by atoms with E-state index in [9.17, 15) is 4.79 Å². The van der Waals surface area contributed by atoms with Crippen molar-refractivity contribution in [2.45, 2.75) is 0 Å². The van der Waals surface area contributed by atoms with Crippen LogP contribution < -0.4 is 11.3 Å². The van der Waals surface area contributed by atoms with E-state index in [1.165, 1.54) is 0 Å². The molecule has 3 aromatic rings. The monoisotopic (exact) mass is 211 g/mol. The number of hydrogen-bond donors (Lipinski definition) is 2. The van der Waals surface area contributed by atoms with Gasteiger partial charge in [0, 0.05) is 10.8 Å². The van der Waals surface area contributed by atoms with Gasteiger partial charge in [0.2, 0.25) is 0 Å². The number of benzene rings is 2. The number of aromatic nitrogens is 2. The first-order chi connectivity index (χ1) is 7.77. The van der Waals surface area contributed by atoms with Crippen molar-refractivity contribution in [1.82, 2.24) is 10.2 Å². The van der Waals surface area contributed by atoms with E-state index in [1.807, 2.05) is 36.4 Å². The second-order valence-electron chi connectivity index (χ2n) is 3.65. The number of nitrogens with zero attached hydrogens (tertiary/aromatic N) is 1. The Balaban J connectivity index is 2.63. The van der Waals surface area contributed by atoms with Crippen LogP contribution >= 0.6 is 0 Å². The van der Waals surface area contributed by atoms with Gasteiger partial charge in [0.25, 0.3) is 5.56 Å². The molecule has 0 aliphatic heterocycles. The van der Waals surface area contributed by atoms with Crippen LogP contribution in [0.5, 0.6) is 0 Å². The molecule has 0 aliphatic rings. The molecule has 0 amide bonds. The second-order valence-corrected chi connectivity index (χ2v) is 3.65. The molecular formula is C12H9N3O. The molecule has 0 aliphatic carbocycles. The number of rotatable bonds is 0. The lowest BCUT2D eigenvalue weighted by atomic mass is 10.1. The summed E-state index contributed by atoms with van der Waals surface area (Å²) in [5.41, 5.74) is 6.33. The summed E-state index contributed by atoms with van der Waals surface area (Å²) >= 11 is 0. The number of aromatic amines is 1. The summed E-state index contributed by atoms with van der Waals surface area (Å²) < 4.78 is 0. The van der Waals surface area contributed by atoms with E-state index in [-0.39, 0.29) is 11.2 Å². The van der Waals surface area contributed by atoms with Crippen molar-refractivity contribution in [1.29, 1.82) is 0 Å². The number of hydrogen-bond acceptors (Lipinski definition) is 3. The lowest BCUT2D eigenvalue weighted by Crippen LogP contribution is -2.13. The Morgan fingerprint density at radius 2 is 1.88 bits per heavy atom. The topological polar surface area (TPSA) is 71.8 Å². The van der Waals surface area contributed by atoms with Crippen LogP contribution in [0.3, 0.4) is 0 Å². The summed E-state index contributed by atoms with van der Waals surface area (Å²) in [5.74, 6) is 0. The molecule has 78 valence electrons. The maximum atomic E-state index is 11.3. The minimum Gasteiger partial charge on any atom is -0.394 e. The van der Waals surface area contributed by atoms with Crippen LogP contribution in [0.4, 0.5) is 5.69 Å². The highest BCUT2D eigenvalue weighted by molar-refractivity contribution is 6.08. The van der Waals surface area contributed by atoms with Gasteiger partial charge in [-0.3, -0.25) is 4.79 Å². The zero-order valence-electron chi connectivity index (χ0n) is 8.40. The van der Waals surface area contributed by atoms with Gasteiger partial charge in [0.15, 0.2) is 0 Å². The number of nitrogens with two attached hydrogens (primary N) is 1. The van der Waals surface area contributed by atoms with Crippen molar-refractivity contribution in [3.63, 3.8) is 0 Å². The van der Waals surface area contributed by atoms with Gasteiger partial charge in [0.05, 0.1) is 0 Å². The molecule has 0 atom stereocenters. The van der Waals surface area contributed by atoms with Gasteiger partial charge in [-0.25, -0.2) is 5.10 Å². The molecule has 0 saturated heterocycles. The zero-order valence-corrected chi connectivity index (χ0v) is 8.40. The molecule has 0 bridgehead atoms. The molecule has 16 heavy (non-hydrogen) atoms. The molecule has 0 fully saturated rings. The maximum Gasteiger partial charge on any atom is 0.287 e. The molecule has 1 heterocycles. The Bertz CT molecular complexity index is 746. The minimum atomic E-state index is -0.345. The van der Waals surface area contributed by atoms with Crippen LogP contribution in [0.15, 0.2) is 41.2 Å². The normalized spacial score (nSPS) is 11.0. The van der Waals surface area contributed by atoms with E-state index in [4.69, 9.17) is 5.73 Å². The van der Waals surface area contributed by atoms with Crippen molar-refractivity contribution < 1.29 is 0 Å². The third-order valence-electron chi connectivity index (χ3n) is 2.70. The first-order valence-electron chi connectivity index (χ1n) is 4.93. The van der Waals surface area contributed by atoms with E-state index in [0.717, 1.165) is 16.3 Å². The van der Waals surface area contributed by atoms with E-state index in [0.29, 0.717) is 5.39 Å². The van der Waals surface area contributed by atoms with Crippen molar-refractivity contribution in [3.8, 4) is 0 Å². The van der Waals surface area contributed by atoms with Crippen molar-refractivity contribution in [3.05, 3.63) is 46.8 Å². The molecule has 4 nitrogen and oxygen atoms in total. The van der Waals surface area contributed by atoms with Gasteiger partial charge in [-0.15, -0.1) is 0 Å². The summed E-state index contributed by atoms with van der Waals surface area (Å²) in [7, 11) is 0. The Kier molecular flexibility index (Phi) is 1.71. The van der Waals surface area contributed by atoms with Crippen molar-refractivity contribution in [2.75, 3.05) is 5.73 Å². The van der Waals surface area contributed by atoms with E-state index in [1.54, 1.807) is 0 Å². The third kappa shape index (κ3) is 1.10. The minimum absolute atomic E-state index is 0.218. The third-order valence-corrected chi connectivity index (χ3v) is 2.70. The highest BCUT2D eigenvalue weighted by atomic mass is 16.1. The fraction of sp³-hybridized carbons (Fsp3) is 0. The highest BCUT2D eigenvalue weighted by Crippen LogP contribution is 2.24. The molecule has 3 N–H and O–H groups in total. The highest BCUT2D eigenvalue weighted by Gasteiger charge is 2.06. The Morgan fingerprint density at radius 1 is 1.06 bits per heavy atom. The summed E-state index contributed by atoms with van der Waals surface area (Å²) in [6, 6.07) is 11.6. The Labute approximate surface area is 90.7 Å². The molecule has 2 aromatic carbocycles. The van der Waals surface area contributed by atoms with Crippen LogP contribution in [0.1, 0.15) is 0 Å². The predicted octanol–water partition coefficient (Wildman–Crippen LogP) is 1.66. The quantitative estimate of drug-likeness (QED) is 0.555. The predicted molar refractivity (Wildman–Crippen MR) is 64.3 cm³/mol. The van der Waals surface area contributed by atoms with Crippen LogP contribution in [0.25, 0.3) is 21.7 Å². The van der Waals surface area contributed by atoms with Crippen molar-refractivity contribution >= 4 is 27.4 Å². The Hall–Kier alpha value is -2.36. The van der Waals surface area contributed by atoms with Gasteiger partial charge >= 0.3 is 0 Å². The molecule has 0 saturated carbocycles. The molecule has 1 aromatic heterocycles. The summed E-state index contributed by atoms with van der Waals surface area (Å²) in [5, 5.41) is 9.22. The molecule has 4 heteroatoms. The molecule has 3 rings (SSSR count). The average molecular weight is 211 g/mol. The van der Waals surface area contributed by atoms with Gasteiger partial charge in [0.1, 0.15) is 11.2 Å². The van der Waals surface area contributed by atoms with E-state index < -0.39 is 0 Å². The number of anilines is 1. The number of nitrogen functional groups attached to an aromatic ring is 1. The van der Waals surface area contributed by atoms with Gasteiger partial charge in [-0.05, 0) is 11.5 Å². The summed E-state index contributed by atoms with van der Waals surface area (Å²) in [6.07, 6.45) is 0. The number of H-pyrrole nitrogens is 1. The van der Waals surface area contributed by atoms with Gasteiger partial charge in [-0.2, -0.15) is 5.10 Å². The second kappa shape index (κ2) is 3.06. The SMILES string of the molecule is Nc1c(=O)[nH]nc2c1ccc1ccccc12. The summed E-state index contributed by atoms with van der Waals surface area (Å²) in [4.78, 5) is 11.3. The lowest BCUT2D eigenvalue weighted by Gasteiger charge is -2.03. The van der Waals surface area contributed by atoms with E-state index in [2.05, 4.69) is 10.2 Å². The molecule has 0 spiro atoms. The summed E-state index contributed by atoms with van der Waals surface area (Å²) in [6.45, 7) is 0. The van der Waals surface area contributed by atoms with Crippen LogP contribution in [-0.4, -0.2) is 10.2 Å².